The zero-order valence-corrected chi connectivity index (χ0v) is 4.80. The number of nitrogens with one attached hydrogen (secondary N) is 1. The number of halogens is 1. The normalized spacial score (nSPS) is 17.9. The fourth-order valence-corrected chi connectivity index (χ4v) is 0.546. The van der Waals surface area contributed by atoms with Gasteiger partial charge in [-0.1, -0.05) is 0 Å². The first-order chi connectivity index (χ1) is 4.33. The monoisotopic (exact) mass is 130 g/mol. The summed E-state index contributed by atoms with van der Waals surface area (Å²) in [5.41, 5.74) is 0. The third kappa shape index (κ3) is 1.42. The number of carbonyl (C=O) groups excluding carboxylic acids is 1. The van der Waals surface area contributed by atoms with Crippen molar-refractivity contribution in [3.8, 4) is 0 Å². The number of hydrogen-bond acceptors (Lipinski definition) is 2. The Labute approximate surface area is 52.1 Å². The lowest BCUT2D eigenvalue weighted by molar-refractivity contribution is -0.117. The van der Waals surface area contributed by atoms with Crippen molar-refractivity contribution >= 4 is 5.91 Å². The Morgan fingerprint density at radius 2 is 2.67 bits per heavy atom. The van der Waals surface area contributed by atoms with Crippen LogP contribution in [-0.2, 0) is 4.79 Å². The smallest absolute Gasteiger partial charge is 0.246 e. The van der Waals surface area contributed by atoms with Gasteiger partial charge in [-0.3, -0.25) is 4.79 Å². The molecule has 0 unspecified atom stereocenters. The van der Waals surface area contributed by atoms with E-state index in [0.717, 1.165) is 0 Å². The maximum Gasteiger partial charge on any atom is 0.246 e. The van der Waals surface area contributed by atoms with Gasteiger partial charge in [0.15, 0.2) is 6.80 Å². The predicted molar refractivity (Wildman–Crippen MR) is 30.0 cm³/mol. The average Bonchev–Trinajstić information content (AvgIpc) is 1.90. The lowest BCUT2D eigenvalue weighted by Crippen LogP contribution is -2.37. The molecule has 0 aromatic heterocycles. The summed E-state index contributed by atoms with van der Waals surface area (Å²) in [5, 5.41) is 2.44. The Bertz CT molecular complexity index is 146. The average molecular weight is 130 g/mol. The molecule has 0 aromatic rings. The van der Waals surface area contributed by atoms with Gasteiger partial charge in [-0.25, -0.2) is 4.39 Å². The highest BCUT2D eigenvalue weighted by Gasteiger charge is 2.05. The number of alkyl halides is 1. The second kappa shape index (κ2) is 2.48. The van der Waals surface area contributed by atoms with E-state index in [0.29, 0.717) is 0 Å². The van der Waals surface area contributed by atoms with Crippen LogP contribution in [0.3, 0.4) is 0 Å². The molecule has 0 bridgehead atoms. The van der Waals surface area contributed by atoms with E-state index in [-0.39, 0.29) is 12.6 Å². The van der Waals surface area contributed by atoms with Crippen molar-refractivity contribution in [2.45, 2.75) is 0 Å². The molecule has 0 saturated carbocycles. The van der Waals surface area contributed by atoms with Crippen molar-refractivity contribution in [2.24, 2.45) is 0 Å². The van der Waals surface area contributed by atoms with E-state index in [4.69, 9.17) is 0 Å². The zero-order chi connectivity index (χ0) is 6.69. The Hall–Kier alpha value is -1.06. The maximum atomic E-state index is 11.7. The SMILES string of the molecule is O=C1C=CN(CF)CN1. The van der Waals surface area contributed by atoms with Gasteiger partial charge in [-0.05, 0) is 0 Å². The zero-order valence-electron chi connectivity index (χ0n) is 4.80. The number of nitrogens with zero attached hydrogens (tertiary/aromatic N) is 1. The van der Waals surface area contributed by atoms with E-state index in [1.54, 1.807) is 0 Å². The molecule has 0 radical (unpaired) electrons. The van der Waals surface area contributed by atoms with Crippen LogP contribution in [-0.4, -0.2) is 24.3 Å². The van der Waals surface area contributed by atoms with Crippen molar-refractivity contribution in [2.75, 3.05) is 13.5 Å². The molecule has 0 spiro atoms. The van der Waals surface area contributed by atoms with Crippen LogP contribution in [0.2, 0.25) is 0 Å². The molecule has 1 heterocycles. The highest BCUT2D eigenvalue weighted by atomic mass is 19.1. The number of amides is 1. The molecule has 1 aliphatic rings. The van der Waals surface area contributed by atoms with E-state index in [9.17, 15) is 9.18 Å². The van der Waals surface area contributed by atoms with Gasteiger partial charge in [0, 0.05) is 12.3 Å². The second-order valence-electron chi connectivity index (χ2n) is 1.72. The Kier molecular flexibility index (Phi) is 1.67. The first kappa shape index (κ1) is 6.07. The molecule has 0 fully saturated rings. The van der Waals surface area contributed by atoms with Crippen molar-refractivity contribution in [3.05, 3.63) is 12.3 Å². The molecular formula is C5H7FN2O. The van der Waals surface area contributed by atoms with Crippen LogP contribution >= 0.6 is 0 Å². The van der Waals surface area contributed by atoms with Crippen molar-refractivity contribution < 1.29 is 9.18 Å². The highest BCUT2D eigenvalue weighted by Crippen LogP contribution is 1.92. The van der Waals surface area contributed by atoms with Gasteiger partial charge in [0.1, 0.15) is 0 Å². The number of carbonyl (C=O) groups is 1. The van der Waals surface area contributed by atoms with E-state index in [1.165, 1.54) is 17.2 Å². The summed E-state index contributed by atoms with van der Waals surface area (Å²) < 4.78 is 11.7. The van der Waals surface area contributed by atoms with Crippen molar-refractivity contribution in [1.29, 1.82) is 0 Å². The highest BCUT2D eigenvalue weighted by molar-refractivity contribution is 5.87. The molecule has 9 heavy (non-hydrogen) atoms. The largest absolute Gasteiger partial charge is 0.335 e. The van der Waals surface area contributed by atoms with Crippen LogP contribution in [0.1, 0.15) is 0 Å². The Morgan fingerprint density at radius 3 is 3.11 bits per heavy atom. The van der Waals surface area contributed by atoms with Crippen LogP contribution in [0.4, 0.5) is 4.39 Å². The van der Waals surface area contributed by atoms with Gasteiger partial charge in [0.25, 0.3) is 0 Å². The van der Waals surface area contributed by atoms with Gasteiger partial charge in [-0.2, -0.15) is 0 Å². The van der Waals surface area contributed by atoms with Gasteiger partial charge >= 0.3 is 0 Å². The first-order valence-corrected chi connectivity index (χ1v) is 2.59. The fourth-order valence-electron chi connectivity index (χ4n) is 0.546. The molecule has 1 aliphatic heterocycles. The molecule has 1 amide bonds. The molecule has 50 valence electrons. The van der Waals surface area contributed by atoms with E-state index in [1.807, 2.05) is 0 Å². The van der Waals surface area contributed by atoms with E-state index in [2.05, 4.69) is 5.32 Å². The summed E-state index contributed by atoms with van der Waals surface area (Å²) >= 11 is 0. The predicted octanol–water partition coefficient (Wildman–Crippen LogP) is -0.184. The van der Waals surface area contributed by atoms with E-state index >= 15 is 0 Å². The second-order valence-corrected chi connectivity index (χ2v) is 1.72. The summed E-state index contributed by atoms with van der Waals surface area (Å²) in [5.74, 6) is -0.167. The minimum atomic E-state index is -0.559. The summed E-state index contributed by atoms with van der Waals surface area (Å²) in [4.78, 5) is 11.7. The summed E-state index contributed by atoms with van der Waals surface area (Å²) in [6.45, 7) is -0.289. The summed E-state index contributed by atoms with van der Waals surface area (Å²) in [6, 6.07) is 0. The molecular weight excluding hydrogens is 123 g/mol. The molecule has 3 nitrogen and oxygen atoms in total. The molecule has 0 aromatic carbocycles. The van der Waals surface area contributed by atoms with Gasteiger partial charge in [0.05, 0.1) is 6.67 Å². The van der Waals surface area contributed by atoms with Crippen molar-refractivity contribution in [1.82, 2.24) is 10.2 Å². The van der Waals surface area contributed by atoms with Gasteiger partial charge < -0.3 is 10.2 Å². The fraction of sp³-hybridized carbons (Fsp3) is 0.400. The molecule has 0 aliphatic carbocycles. The van der Waals surface area contributed by atoms with Gasteiger partial charge in [-0.15, -0.1) is 0 Å². The number of hydrogen-bond donors (Lipinski definition) is 1. The first-order valence-electron chi connectivity index (χ1n) is 2.59. The number of rotatable bonds is 1. The van der Waals surface area contributed by atoms with Crippen LogP contribution in [0.5, 0.6) is 0 Å². The Morgan fingerprint density at radius 1 is 1.89 bits per heavy atom. The Balaban J connectivity index is 2.48. The van der Waals surface area contributed by atoms with E-state index < -0.39 is 6.80 Å². The summed E-state index contributed by atoms with van der Waals surface area (Å²) in [6.07, 6.45) is 2.72. The van der Waals surface area contributed by atoms with Crippen LogP contribution in [0.25, 0.3) is 0 Å². The van der Waals surface area contributed by atoms with Crippen LogP contribution in [0, 0.1) is 0 Å². The molecule has 0 saturated heterocycles. The van der Waals surface area contributed by atoms with Crippen molar-refractivity contribution in [3.63, 3.8) is 0 Å². The third-order valence-corrected chi connectivity index (χ3v) is 1.05. The maximum absolute atomic E-state index is 11.7. The van der Waals surface area contributed by atoms with Crippen LogP contribution < -0.4 is 5.32 Å². The van der Waals surface area contributed by atoms with Crippen LogP contribution in [0.15, 0.2) is 12.3 Å². The van der Waals surface area contributed by atoms with Gasteiger partial charge in [0.2, 0.25) is 5.91 Å². The lowest BCUT2D eigenvalue weighted by Gasteiger charge is -2.19. The quantitative estimate of drug-likeness (QED) is 0.499. The molecule has 1 rings (SSSR count). The molecule has 0 atom stereocenters. The molecule has 1 N–H and O–H groups in total. The standard InChI is InChI=1S/C5H7FN2O/c6-3-8-2-1-5(9)7-4-8/h1-2H,3-4H2,(H,7,9). The third-order valence-electron chi connectivity index (χ3n) is 1.05. The topological polar surface area (TPSA) is 32.3 Å². The molecule has 4 heteroatoms. The lowest BCUT2D eigenvalue weighted by atomic mass is 10.5. The minimum absolute atomic E-state index is 0.167. The summed E-state index contributed by atoms with van der Waals surface area (Å²) in [7, 11) is 0. The minimum Gasteiger partial charge on any atom is -0.335 e.